The normalized spacial score (nSPS) is 21.3. The first kappa shape index (κ1) is 17.0. The Morgan fingerprint density at radius 2 is 1.76 bits per heavy atom. The van der Waals surface area contributed by atoms with Gasteiger partial charge in [-0.25, -0.2) is 4.79 Å². The number of benzene rings is 1. The number of primary amides is 1. The van der Waals surface area contributed by atoms with Gasteiger partial charge in [-0.2, -0.15) is 13.2 Å². The van der Waals surface area contributed by atoms with Gasteiger partial charge in [-0.15, -0.1) is 0 Å². The molecular formula is C13H15F3N2O3. The molecule has 1 aromatic carbocycles. The number of carboxylic acid groups (broad SMARTS) is 1. The van der Waals surface area contributed by atoms with Crippen molar-refractivity contribution in [3.63, 3.8) is 0 Å². The van der Waals surface area contributed by atoms with E-state index in [9.17, 15) is 18.0 Å². The first-order valence-electron chi connectivity index (χ1n) is 6.09. The summed E-state index contributed by atoms with van der Waals surface area (Å²) in [6, 6.07) is 10.1. The molecule has 2 unspecified atom stereocenters. The van der Waals surface area contributed by atoms with Crippen LogP contribution in [0.15, 0.2) is 30.3 Å². The third-order valence-corrected chi connectivity index (χ3v) is 2.99. The van der Waals surface area contributed by atoms with Crippen molar-refractivity contribution in [1.82, 2.24) is 5.32 Å². The van der Waals surface area contributed by atoms with E-state index in [1.54, 1.807) is 0 Å². The van der Waals surface area contributed by atoms with E-state index in [0.717, 1.165) is 13.0 Å². The quantitative estimate of drug-likeness (QED) is 0.766. The first-order chi connectivity index (χ1) is 9.71. The maximum Gasteiger partial charge on any atom is 0.490 e. The Balaban J connectivity index is 0.000000270. The van der Waals surface area contributed by atoms with Gasteiger partial charge in [0.2, 0.25) is 5.91 Å². The molecule has 5 nitrogen and oxygen atoms in total. The number of aliphatic carboxylic acids is 1. The van der Waals surface area contributed by atoms with Gasteiger partial charge < -0.3 is 16.2 Å². The molecule has 1 fully saturated rings. The van der Waals surface area contributed by atoms with Crippen molar-refractivity contribution in [2.24, 2.45) is 5.73 Å². The average Bonchev–Trinajstić information content (AvgIpc) is 2.89. The van der Waals surface area contributed by atoms with Crippen molar-refractivity contribution in [3.05, 3.63) is 35.9 Å². The van der Waals surface area contributed by atoms with Crippen molar-refractivity contribution in [2.75, 3.05) is 6.54 Å². The molecule has 21 heavy (non-hydrogen) atoms. The maximum absolute atomic E-state index is 10.9. The summed E-state index contributed by atoms with van der Waals surface area (Å²) in [5, 5.41) is 10.3. The summed E-state index contributed by atoms with van der Waals surface area (Å²) >= 11 is 0. The number of carbonyl (C=O) groups is 2. The minimum absolute atomic E-state index is 0.153. The number of hydrogen-bond donors (Lipinski definition) is 3. The standard InChI is InChI=1S/C11H14N2O.C2HF3O2/c12-11(14)10-6-9(7-13-10)8-4-2-1-3-5-8;3-2(4,5)1(6)7/h1-5,9-10,13H,6-7H2,(H2,12,14);(H,6,7). The van der Waals surface area contributed by atoms with E-state index in [0.29, 0.717) is 5.92 Å². The third-order valence-electron chi connectivity index (χ3n) is 2.99. The minimum Gasteiger partial charge on any atom is -0.475 e. The summed E-state index contributed by atoms with van der Waals surface area (Å²) in [4.78, 5) is 19.8. The number of rotatable bonds is 2. The van der Waals surface area contributed by atoms with Crippen LogP contribution in [0.2, 0.25) is 0 Å². The molecule has 0 aliphatic carbocycles. The SMILES string of the molecule is NC(=O)C1CC(c2ccccc2)CN1.O=C(O)C(F)(F)F. The van der Waals surface area contributed by atoms with Gasteiger partial charge in [-0.3, -0.25) is 4.79 Å². The molecule has 1 aromatic rings. The third kappa shape index (κ3) is 5.42. The molecule has 0 spiro atoms. The molecule has 8 heteroatoms. The van der Waals surface area contributed by atoms with Crippen LogP contribution in [0, 0.1) is 0 Å². The lowest BCUT2D eigenvalue weighted by molar-refractivity contribution is -0.192. The fourth-order valence-corrected chi connectivity index (χ4v) is 1.93. The van der Waals surface area contributed by atoms with E-state index in [2.05, 4.69) is 17.4 Å². The second-order valence-corrected chi connectivity index (χ2v) is 4.51. The Morgan fingerprint density at radius 3 is 2.14 bits per heavy atom. The number of hydrogen-bond acceptors (Lipinski definition) is 3. The second kappa shape index (κ2) is 7.07. The van der Waals surface area contributed by atoms with Crippen molar-refractivity contribution in [3.8, 4) is 0 Å². The maximum atomic E-state index is 10.9. The highest BCUT2D eigenvalue weighted by molar-refractivity contribution is 5.80. The number of nitrogens with one attached hydrogen (secondary N) is 1. The van der Waals surface area contributed by atoms with Gasteiger partial charge in [-0.05, 0) is 17.9 Å². The van der Waals surface area contributed by atoms with Gasteiger partial charge in [-0.1, -0.05) is 30.3 Å². The molecule has 0 saturated carbocycles. The number of halogens is 3. The van der Waals surface area contributed by atoms with Crippen LogP contribution in [0.5, 0.6) is 0 Å². The first-order valence-corrected chi connectivity index (χ1v) is 6.09. The van der Waals surface area contributed by atoms with Crippen molar-refractivity contribution in [1.29, 1.82) is 0 Å². The van der Waals surface area contributed by atoms with Crippen molar-refractivity contribution in [2.45, 2.75) is 24.6 Å². The Hall–Kier alpha value is -2.09. The second-order valence-electron chi connectivity index (χ2n) is 4.51. The summed E-state index contributed by atoms with van der Waals surface area (Å²) in [5.41, 5.74) is 6.52. The number of alkyl halides is 3. The van der Waals surface area contributed by atoms with E-state index < -0.39 is 12.1 Å². The Bertz CT molecular complexity index is 491. The molecule has 1 aliphatic heterocycles. The van der Waals surface area contributed by atoms with Crippen LogP contribution in [0.4, 0.5) is 13.2 Å². The zero-order valence-corrected chi connectivity index (χ0v) is 10.9. The van der Waals surface area contributed by atoms with Crippen molar-refractivity contribution < 1.29 is 27.9 Å². The molecule has 1 aliphatic rings. The molecular weight excluding hydrogens is 289 g/mol. The van der Waals surface area contributed by atoms with Crippen LogP contribution >= 0.6 is 0 Å². The average molecular weight is 304 g/mol. The lowest BCUT2D eigenvalue weighted by Gasteiger charge is -2.07. The van der Waals surface area contributed by atoms with Gasteiger partial charge in [0.05, 0.1) is 6.04 Å². The van der Waals surface area contributed by atoms with Gasteiger partial charge in [0.15, 0.2) is 0 Å². The topological polar surface area (TPSA) is 92.4 Å². The van der Waals surface area contributed by atoms with Crippen LogP contribution in [-0.2, 0) is 9.59 Å². The Morgan fingerprint density at radius 1 is 1.24 bits per heavy atom. The van der Waals surface area contributed by atoms with E-state index in [-0.39, 0.29) is 11.9 Å². The van der Waals surface area contributed by atoms with Gasteiger partial charge in [0.1, 0.15) is 0 Å². The number of nitrogens with two attached hydrogens (primary N) is 1. The number of carboxylic acids is 1. The fraction of sp³-hybridized carbons (Fsp3) is 0.385. The van der Waals surface area contributed by atoms with E-state index in [1.165, 1.54) is 5.56 Å². The summed E-state index contributed by atoms with van der Waals surface area (Å²) in [6.07, 6.45) is -4.26. The molecule has 2 atom stereocenters. The lowest BCUT2D eigenvalue weighted by atomic mass is 9.96. The number of amides is 1. The summed E-state index contributed by atoms with van der Waals surface area (Å²) < 4.78 is 31.7. The molecule has 1 saturated heterocycles. The predicted octanol–water partition coefficient (Wildman–Crippen LogP) is 1.25. The number of carbonyl (C=O) groups excluding carboxylic acids is 1. The molecule has 4 N–H and O–H groups in total. The molecule has 1 amide bonds. The van der Waals surface area contributed by atoms with E-state index in [4.69, 9.17) is 15.6 Å². The smallest absolute Gasteiger partial charge is 0.475 e. The Kier molecular flexibility index (Phi) is 5.71. The van der Waals surface area contributed by atoms with Crippen LogP contribution in [-0.4, -0.2) is 35.7 Å². The molecule has 116 valence electrons. The van der Waals surface area contributed by atoms with Gasteiger partial charge in [0, 0.05) is 6.54 Å². The van der Waals surface area contributed by atoms with Crippen LogP contribution in [0.25, 0.3) is 0 Å². The van der Waals surface area contributed by atoms with Crippen LogP contribution in [0.1, 0.15) is 17.9 Å². The molecule has 2 rings (SSSR count). The van der Waals surface area contributed by atoms with Crippen LogP contribution < -0.4 is 11.1 Å². The highest BCUT2D eigenvalue weighted by Crippen LogP contribution is 2.24. The van der Waals surface area contributed by atoms with Crippen molar-refractivity contribution >= 4 is 11.9 Å². The molecule has 0 bridgehead atoms. The summed E-state index contributed by atoms with van der Waals surface area (Å²) in [7, 11) is 0. The molecule has 0 radical (unpaired) electrons. The lowest BCUT2D eigenvalue weighted by Crippen LogP contribution is -2.36. The molecule has 1 heterocycles. The summed E-state index contributed by atoms with van der Waals surface area (Å²) in [6.45, 7) is 0.845. The van der Waals surface area contributed by atoms with E-state index >= 15 is 0 Å². The highest BCUT2D eigenvalue weighted by Gasteiger charge is 2.38. The summed E-state index contributed by atoms with van der Waals surface area (Å²) in [5.74, 6) is -2.58. The Labute approximate surface area is 118 Å². The highest BCUT2D eigenvalue weighted by atomic mass is 19.4. The van der Waals surface area contributed by atoms with Gasteiger partial charge >= 0.3 is 12.1 Å². The van der Waals surface area contributed by atoms with Crippen LogP contribution in [0.3, 0.4) is 0 Å². The monoisotopic (exact) mass is 304 g/mol. The minimum atomic E-state index is -5.08. The zero-order valence-electron chi connectivity index (χ0n) is 10.9. The van der Waals surface area contributed by atoms with Gasteiger partial charge in [0.25, 0.3) is 0 Å². The van der Waals surface area contributed by atoms with E-state index in [1.807, 2.05) is 18.2 Å². The fourth-order valence-electron chi connectivity index (χ4n) is 1.93. The zero-order chi connectivity index (χ0) is 16.0. The predicted molar refractivity (Wildman–Crippen MR) is 68.5 cm³/mol. The molecule has 0 aromatic heterocycles. The largest absolute Gasteiger partial charge is 0.490 e.